The predicted molar refractivity (Wildman–Crippen MR) is 85.3 cm³/mol. The molecule has 112 valence electrons. The molecule has 1 aliphatic heterocycles. The van der Waals surface area contributed by atoms with Crippen LogP contribution in [0.25, 0.3) is 0 Å². The lowest BCUT2D eigenvalue weighted by Crippen LogP contribution is -2.64. The van der Waals surface area contributed by atoms with E-state index in [1.165, 1.54) is 63.9 Å². The minimum Gasteiger partial charge on any atom is -0.308 e. The monoisotopic (exact) mass is 293 g/mol. The molecular formula is C16H27N3S. The van der Waals surface area contributed by atoms with Gasteiger partial charge in [-0.25, -0.2) is 4.98 Å². The summed E-state index contributed by atoms with van der Waals surface area (Å²) in [6.07, 6.45) is 9.34. The summed E-state index contributed by atoms with van der Waals surface area (Å²) in [5.74, 6) is 0. The molecular weight excluding hydrogens is 266 g/mol. The number of piperazine rings is 1. The van der Waals surface area contributed by atoms with Gasteiger partial charge in [0, 0.05) is 43.0 Å². The molecule has 20 heavy (non-hydrogen) atoms. The Hall–Kier alpha value is -0.450. The SMILES string of the molecule is CCC1CNC2(CCCCC2)CN1CCc1cscn1. The van der Waals surface area contributed by atoms with Crippen LogP contribution in [0, 0.1) is 0 Å². The van der Waals surface area contributed by atoms with Crippen LogP contribution in [0.3, 0.4) is 0 Å². The Kier molecular flexibility index (Phi) is 4.74. The second-order valence-corrected chi connectivity index (χ2v) is 7.20. The number of rotatable bonds is 4. The fraction of sp³-hybridized carbons (Fsp3) is 0.812. The minimum atomic E-state index is 0.423. The van der Waals surface area contributed by atoms with Crippen molar-refractivity contribution in [2.75, 3.05) is 19.6 Å². The van der Waals surface area contributed by atoms with Crippen LogP contribution in [0.15, 0.2) is 10.9 Å². The average molecular weight is 293 g/mol. The van der Waals surface area contributed by atoms with Crippen LogP contribution < -0.4 is 5.32 Å². The zero-order valence-corrected chi connectivity index (χ0v) is 13.4. The van der Waals surface area contributed by atoms with E-state index in [-0.39, 0.29) is 0 Å². The molecule has 1 spiro atoms. The highest BCUT2D eigenvalue weighted by atomic mass is 32.1. The Morgan fingerprint density at radius 2 is 2.25 bits per heavy atom. The van der Waals surface area contributed by atoms with E-state index in [1.54, 1.807) is 11.3 Å². The van der Waals surface area contributed by atoms with Crippen molar-refractivity contribution in [2.45, 2.75) is 63.5 Å². The van der Waals surface area contributed by atoms with Gasteiger partial charge in [0.05, 0.1) is 11.2 Å². The first-order valence-electron chi connectivity index (χ1n) is 8.17. The molecule has 1 aromatic heterocycles. The van der Waals surface area contributed by atoms with E-state index in [4.69, 9.17) is 0 Å². The van der Waals surface area contributed by atoms with Crippen molar-refractivity contribution in [3.8, 4) is 0 Å². The number of hydrogen-bond donors (Lipinski definition) is 1. The molecule has 1 aliphatic carbocycles. The normalized spacial score (nSPS) is 26.9. The predicted octanol–water partition coefficient (Wildman–Crippen LogP) is 3.07. The first-order chi connectivity index (χ1) is 9.81. The van der Waals surface area contributed by atoms with Crippen LogP contribution in [0.2, 0.25) is 0 Å². The van der Waals surface area contributed by atoms with Gasteiger partial charge < -0.3 is 5.32 Å². The molecule has 2 heterocycles. The van der Waals surface area contributed by atoms with Crippen molar-refractivity contribution in [3.05, 3.63) is 16.6 Å². The molecule has 1 saturated carbocycles. The number of nitrogens with zero attached hydrogens (tertiary/aromatic N) is 2. The molecule has 0 aromatic carbocycles. The third-order valence-electron chi connectivity index (χ3n) is 5.16. The fourth-order valence-electron chi connectivity index (χ4n) is 3.88. The van der Waals surface area contributed by atoms with Gasteiger partial charge in [-0.3, -0.25) is 4.90 Å². The van der Waals surface area contributed by atoms with E-state index in [9.17, 15) is 0 Å². The highest BCUT2D eigenvalue weighted by molar-refractivity contribution is 7.07. The van der Waals surface area contributed by atoms with Crippen molar-refractivity contribution in [3.63, 3.8) is 0 Å². The Morgan fingerprint density at radius 1 is 1.40 bits per heavy atom. The highest BCUT2D eigenvalue weighted by Crippen LogP contribution is 2.32. The van der Waals surface area contributed by atoms with Gasteiger partial charge in [0.25, 0.3) is 0 Å². The Balaban J connectivity index is 1.62. The van der Waals surface area contributed by atoms with Gasteiger partial charge in [0.1, 0.15) is 0 Å². The van der Waals surface area contributed by atoms with Gasteiger partial charge >= 0.3 is 0 Å². The van der Waals surface area contributed by atoms with Crippen LogP contribution in [0.1, 0.15) is 51.1 Å². The third kappa shape index (κ3) is 3.23. The maximum atomic E-state index is 4.43. The Morgan fingerprint density at radius 3 is 2.95 bits per heavy atom. The number of thiazole rings is 1. The topological polar surface area (TPSA) is 28.2 Å². The largest absolute Gasteiger partial charge is 0.308 e. The van der Waals surface area contributed by atoms with Crippen molar-refractivity contribution >= 4 is 11.3 Å². The van der Waals surface area contributed by atoms with Gasteiger partial charge in [0.2, 0.25) is 0 Å². The molecule has 2 aliphatic rings. The maximum Gasteiger partial charge on any atom is 0.0794 e. The first kappa shape index (κ1) is 14.5. The molecule has 4 heteroatoms. The van der Waals surface area contributed by atoms with Crippen LogP contribution >= 0.6 is 11.3 Å². The summed E-state index contributed by atoms with van der Waals surface area (Å²) in [5, 5.41) is 6.10. The summed E-state index contributed by atoms with van der Waals surface area (Å²) in [6.45, 7) is 5.91. The van der Waals surface area contributed by atoms with Crippen molar-refractivity contribution in [1.82, 2.24) is 15.2 Å². The number of aromatic nitrogens is 1. The molecule has 0 radical (unpaired) electrons. The summed E-state index contributed by atoms with van der Waals surface area (Å²) in [4.78, 5) is 7.17. The van der Waals surface area contributed by atoms with E-state index in [1.807, 2.05) is 5.51 Å². The lowest BCUT2D eigenvalue weighted by Gasteiger charge is -2.49. The summed E-state index contributed by atoms with van der Waals surface area (Å²) in [7, 11) is 0. The van der Waals surface area contributed by atoms with E-state index >= 15 is 0 Å². The molecule has 1 N–H and O–H groups in total. The maximum absolute atomic E-state index is 4.43. The molecule has 0 amide bonds. The van der Waals surface area contributed by atoms with E-state index in [0.29, 0.717) is 11.6 Å². The molecule has 3 rings (SSSR count). The van der Waals surface area contributed by atoms with Crippen LogP contribution in [-0.4, -0.2) is 41.1 Å². The van der Waals surface area contributed by atoms with Gasteiger partial charge in [0.15, 0.2) is 0 Å². The summed E-state index contributed by atoms with van der Waals surface area (Å²) in [5.41, 5.74) is 3.64. The molecule has 0 bridgehead atoms. The quantitative estimate of drug-likeness (QED) is 0.925. The Bertz CT molecular complexity index is 398. The van der Waals surface area contributed by atoms with Gasteiger partial charge in [-0.1, -0.05) is 26.2 Å². The van der Waals surface area contributed by atoms with E-state index in [0.717, 1.165) is 6.42 Å². The molecule has 1 aromatic rings. The van der Waals surface area contributed by atoms with E-state index < -0.39 is 0 Å². The van der Waals surface area contributed by atoms with Crippen molar-refractivity contribution < 1.29 is 0 Å². The lowest BCUT2D eigenvalue weighted by molar-refractivity contribution is 0.0548. The number of nitrogens with one attached hydrogen (secondary N) is 1. The van der Waals surface area contributed by atoms with Crippen LogP contribution in [0.4, 0.5) is 0 Å². The zero-order valence-electron chi connectivity index (χ0n) is 12.6. The smallest absolute Gasteiger partial charge is 0.0794 e. The minimum absolute atomic E-state index is 0.423. The molecule has 2 fully saturated rings. The standard InChI is InChI=1S/C16H27N3S/c1-2-15-10-18-16(7-4-3-5-8-16)12-19(15)9-6-14-11-20-13-17-14/h11,13,15,18H,2-10,12H2,1H3. The Labute approximate surface area is 126 Å². The first-order valence-corrected chi connectivity index (χ1v) is 9.12. The second-order valence-electron chi connectivity index (χ2n) is 6.48. The molecule has 1 atom stereocenters. The lowest BCUT2D eigenvalue weighted by atomic mass is 9.79. The zero-order chi connectivity index (χ0) is 13.8. The summed E-state index contributed by atoms with van der Waals surface area (Å²) in [6, 6.07) is 0.709. The fourth-order valence-corrected chi connectivity index (χ4v) is 4.48. The highest BCUT2D eigenvalue weighted by Gasteiger charge is 2.38. The van der Waals surface area contributed by atoms with Crippen LogP contribution in [-0.2, 0) is 6.42 Å². The third-order valence-corrected chi connectivity index (χ3v) is 5.79. The van der Waals surface area contributed by atoms with E-state index in [2.05, 4.69) is 27.5 Å². The second kappa shape index (κ2) is 6.54. The average Bonchev–Trinajstić information content (AvgIpc) is 2.99. The molecule has 3 nitrogen and oxygen atoms in total. The summed E-state index contributed by atoms with van der Waals surface area (Å²) < 4.78 is 0. The summed E-state index contributed by atoms with van der Waals surface area (Å²) >= 11 is 1.71. The van der Waals surface area contributed by atoms with Crippen molar-refractivity contribution in [2.24, 2.45) is 0 Å². The van der Waals surface area contributed by atoms with Gasteiger partial charge in [-0.2, -0.15) is 0 Å². The van der Waals surface area contributed by atoms with Crippen LogP contribution in [0.5, 0.6) is 0 Å². The van der Waals surface area contributed by atoms with Gasteiger partial charge in [-0.05, 0) is 19.3 Å². The molecule has 1 saturated heterocycles. The van der Waals surface area contributed by atoms with Gasteiger partial charge in [-0.15, -0.1) is 11.3 Å². The number of hydrogen-bond acceptors (Lipinski definition) is 4. The van der Waals surface area contributed by atoms with Crippen molar-refractivity contribution in [1.29, 1.82) is 0 Å². The molecule has 1 unspecified atom stereocenters.